The number of carbonyl (C=O) groups excluding carboxylic acids is 3. The number of amides is 1. The molecule has 0 bridgehead atoms. The molecule has 1 heterocycles. The second kappa shape index (κ2) is 9.39. The summed E-state index contributed by atoms with van der Waals surface area (Å²) < 4.78 is 16.0. The lowest BCUT2D eigenvalue weighted by Gasteiger charge is -2.50. The summed E-state index contributed by atoms with van der Waals surface area (Å²) in [4.78, 5) is 42.7. The summed E-state index contributed by atoms with van der Waals surface area (Å²) in [6, 6.07) is 0.127. The molecule has 216 valence electrons. The van der Waals surface area contributed by atoms with Crippen LogP contribution >= 0.6 is 0 Å². The molecular formula is C29H36FN3O7. The van der Waals surface area contributed by atoms with E-state index in [0.717, 1.165) is 25.9 Å². The lowest BCUT2D eigenvalue weighted by Crippen LogP contribution is -2.63. The number of hydrogen-bond donors (Lipinski definition) is 5. The molecule has 1 aliphatic heterocycles. The van der Waals surface area contributed by atoms with Crippen molar-refractivity contribution in [3.63, 3.8) is 0 Å². The molecule has 0 radical (unpaired) electrons. The predicted molar refractivity (Wildman–Crippen MR) is 142 cm³/mol. The monoisotopic (exact) mass is 557 g/mol. The normalized spacial score (nSPS) is 30.3. The Balaban J connectivity index is 1.58. The van der Waals surface area contributed by atoms with E-state index in [1.54, 1.807) is 14.1 Å². The number of aromatic hydroxyl groups is 1. The standard InChI is InChI=1S/C29H36FN3O7/c1-28(2)5-7-33(8-6-28)12-14-11-17(34)19-15(21(14)30)9-13-10-16-22(32(3)4)24(36)20(27(31)39)26(38)29(16,40)25(37)18(13)23(19)35/h11,13,16,22,34,36-37,40H,5-10,12H2,1-4H3,(H2,31,39)/t13-,16-,22-,29-/m0/s1. The molecule has 5 rings (SSSR count). The Morgan fingerprint density at radius 1 is 1.18 bits per heavy atom. The van der Waals surface area contributed by atoms with Crippen molar-refractivity contribution in [1.82, 2.24) is 9.80 Å². The van der Waals surface area contributed by atoms with Gasteiger partial charge in [-0.05, 0) is 70.3 Å². The quantitative estimate of drug-likeness (QED) is 0.348. The Bertz CT molecular complexity index is 1390. The average molecular weight is 558 g/mol. The number of phenols is 1. The van der Waals surface area contributed by atoms with E-state index >= 15 is 4.39 Å². The van der Waals surface area contributed by atoms with E-state index in [4.69, 9.17) is 5.73 Å². The molecule has 3 aliphatic carbocycles. The summed E-state index contributed by atoms with van der Waals surface area (Å²) in [5, 5.41) is 44.7. The van der Waals surface area contributed by atoms with Gasteiger partial charge in [0.15, 0.2) is 11.4 Å². The zero-order valence-electron chi connectivity index (χ0n) is 23.1. The summed E-state index contributed by atoms with van der Waals surface area (Å²) in [6.45, 7) is 6.20. The maximum absolute atomic E-state index is 16.0. The number of aliphatic hydroxyl groups excluding tert-OH is 2. The minimum atomic E-state index is -2.72. The van der Waals surface area contributed by atoms with Crippen molar-refractivity contribution in [1.29, 1.82) is 0 Å². The largest absolute Gasteiger partial charge is 0.510 e. The van der Waals surface area contributed by atoms with Gasteiger partial charge in [-0.15, -0.1) is 0 Å². The number of primary amides is 1. The SMILES string of the molecule is CN(C)[C@@H]1C(O)=C(C(N)=O)C(=O)[C@@]2(O)C(O)=C3C(=O)c4c(O)cc(CN5CCC(C)(C)CC5)c(F)c4C[C@H]3C[C@@H]12. The van der Waals surface area contributed by atoms with Crippen LogP contribution in [0.5, 0.6) is 5.75 Å². The third-order valence-corrected chi connectivity index (χ3v) is 9.33. The number of aliphatic hydroxyl groups is 3. The first-order valence-electron chi connectivity index (χ1n) is 13.5. The number of nitrogens with two attached hydrogens (primary N) is 1. The van der Waals surface area contributed by atoms with Gasteiger partial charge in [-0.1, -0.05) is 13.8 Å². The molecule has 10 nitrogen and oxygen atoms in total. The summed E-state index contributed by atoms with van der Waals surface area (Å²) in [6.07, 6.45) is 1.74. The van der Waals surface area contributed by atoms with E-state index in [1.165, 1.54) is 11.0 Å². The highest BCUT2D eigenvalue weighted by Crippen LogP contribution is 2.52. The number of nitrogens with zero attached hydrogens (tertiary/aromatic N) is 2. The number of halogens is 1. The molecule has 1 aromatic carbocycles. The van der Waals surface area contributed by atoms with Crippen LogP contribution in [0.25, 0.3) is 0 Å². The van der Waals surface area contributed by atoms with Crippen LogP contribution in [0.15, 0.2) is 28.7 Å². The molecule has 1 aromatic rings. The molecule has 4 aliphatic rings. The number of allylic oxidation sites excluding steroid dienone is 1. The molecule has 4 atom stereocenters. The number of likely N-dealkylation sites (N-methyl/N-ethyl adjacent to an activating group) is 1. The van der Waals surface area contributed by atoms with Crippen LogP contribution in [-0.2, 0) is 22.6 Å². The molecule has 0 saturated carbocycles. The van der Waals surface area contributed by atoms with Gasteiger partial charge in [0.1, 0.15) is 28.7 Å². The molecule has 0 aromatic heterocycles. The predicted octanol–water partition coefficient (Wildman–Crippen LogP) is 1.88. The lowest BCUT2D eigenvalue weighted by atomic mass is 9.58. The number of ketones is 2. The fourth-order valence-corrected chi connectivity index (χ4v) is 7.03. The van der Waals surface area contributed by atoms with Crippen LogP contribution in [0.2, 0.25) is 0 Å². The Hall–Kier alpha value is -3.28. The molecular weight excluding hydrogens is 521 g/mol. The number of phenolic OH excluding ortho intramolecular Hbond substituents is 1. The third kappa shape index (κ3) is 4.05. The summed E-state index contributed by atoms with van der Waals surface area (Å²) >= 11 is 0. The van der Waals surface area contributed by atoms with Crippen molar-refractivity contribution in [3.8, 4) is 5.75 Å². The zero-order valence-corrected chi connectivity index (χ0v) is 23.1. The fourth-order valence-electron chi connectivity index (χ4n) is 7.03. The average Bonchev–Trinajstić information content (AvgIpc) is 2.85. The third-order valence-electron chi connectivity index (χ3n) is 9.33. The Labute approximate surface area is 231 Å². The number of rotatable bonds is 4. The number of Topliss-reactive ketones (excluding diaryl/α,β-unsaturated/α-hetero) is 2. The first kappa shape index (κ1) is 28.3. The van der Waals surface area contributed by atoms with Gasteiger partial charge in [0.25, 0.3) is 5.91 Å². The van der Waals surface area contributed by atoms with E-state index in [0.29, 0.717) is 0 Å². The van der Waals surface area contributed by atoms with Crippen molar-refractivity contribution in [2.75, 3.05) is 27.2 Å². The van der Waals surface area contributed by atoms with Crippen molar-refractivity contribution in [2.24, 2.45) is 23.0 Å². The number of fused-ring (bicyclic) bond motifs is 3. The first-order valence-corrected chi connectivity index (χ1v) is 13.5. The number of piperidine rings is 1. The van der Waals surface area contributed by atoms with Gasteiger partial charge < -0.3 is 26.2 Å². The second-order valence-electron chi connectivity index (χ2n) is 12.6. The molecule has 1 saturated heterocycles. The molecule has 0 unspecified atom stereocenters. The van der Waals surface area contributed by atoms with Crippen LogP contribution in [0.1, 0.15) is 54.6 Å². The summed E-state index contributed by atoms with van der Waals surface area (Å²) in [5.41, 5.74) is 1.62. The maximum atomic E-state index is 16.0. The molecule has 6 N–H and O–H groups in total. The van der Waals surface area contributed by atoms with Crippen molar-refractivity contribution >= 4 is 17.5 Å². The van der Waals surface area contributed by atoms with Gasteiger partial charge in [0.2, 0.25) is 5.78 Å². The van der Waals surface area contributed by atoms with Gasteiger partial charge in [-0.2, -0.15) is 0 Å². The Kier molecular flexibility index (Phi) is 6.63. The summed E-state index contributed by atoms with van der Waals surface area (Å²) in [5.74, 6) is -8.12. The second-order valence-corrected chi connectivity index (χ2v) is 12.6. The number of carbonyl (C=O) groups is 3. The van der Waals surface area contributed by atoms with Crippen LogP contribution < -0.4 is 5.73 Å². The summed E-state index contributed by atoms with van der Waals surface area (Å²) in [7, 11) is 3.11. The number of likely N-dealkylation sites (tertiary alicyclic amines) is 1. The van der Waals surface area contributed by atoms with Crippen LogP contribution in [0, 0.1) is 23.1 Å². The van der Waals surface area contributed by atoms with Gasteiger partial charge in [0.05, 0.1) is 11.6 Å². The number of benzene rings is 1. The number of hydrogen-bond acceptors (Lipinski definition) is 9. The zero-order chi connectivity index (χ0) is 29.5. The van der Waals surface area contributed by atoms with Crippen LogP contribution in [0.3, 0.4) is 0 Å². The van der Waals surface area contributed by atoms with Gasteiger partial charge >= 0.3 is 0 Å². The fraction of sp³-hybridized carbons (Fsp3) is 0.552. The molecule has 40 heavy (non-hydrogen) atoms. The lowest BCUT2D eigenvalue weighted by molar-refractivity contribution is -0.148. The highest BCUT2D eigenvalue weighted by atomic mass is 19.1. The molecule has 1 fully saturated rings. The van der Waals surface area contributed by atoms with Crippen molar-refractivity contribution in [3.05, 3.63) is 51.2 Å². The van der Waals surface area contributed by atoms with E-state index in [9.17, 15) is 34.8 Å². The van der Waals surface area contributed by atoms with Gasteiger partial charge in [0, 0.05) is 29.2 Å². The van der Waals surface area contributed by atoms with E-state index in [1.807, 2.05) is 0 Å². The van der Waals surface area contributed by atoms with Crippen molar-refractivity contribution < 1.29 is 39.2 Å². The maximum Gasteiger partial charge on any atom is 0.255 e. The van der Waals surface area contributed by atoms with Gasteiger partial charge in [-0.3, -0.25) is 24.2 Å². The van der Waals surface area contributed by atoms with E-state index < -0.39 is 69.6 Å². The molecule has 11 heteroatoms. The highest BCUT2D eigenvalue weighted by molar-refractivity contribution is 6.24. The minimum absolute atomic E-state index is 0.0189. The van der Waals surface area contributed by atoms with E-state index in [2.05, 4.69) is 18.7 Å². The van der Waals surface area contributed by atoms with Crippen LogP contribution in [-0.4, -0.2) is 86.5 Å². The minimum Gasteiger partial charge on any atom is -0.510 e. The highest BCUT2D eigenvalue weighted by Gasteiger charge is 2.63. The first-order chi connectivity index (χ1) is 18.6. The topological polar surface area (TPSA) is 165 Å². The van der Waals surface area contributed by atoms with Crippen molar-refractivity contribution in [2.45, 2.75) is 57.7 Å². The Morgan fingerprint density at radius 3 is 2.38 bits per heavy atom. The van der Waals surface area contributed by atoms with Gasteiger partial charge in [-0.25, -0.2) is 4.39 Å². The molecule has 0 spiro atoms. The molecule has 1 amide bonds. The Morgan fingerprint density at radius 2 is 1.80 bits per heavy atom. The van der Waals surface area contributed by atoms with Crippen LogP contribution in [0.4, 0.5) is 4.39 Å². The smallest absolute Gasteiger partial charge is 0.255 e. The van der Waals surface area contributed by atoms with E-state index in [-0.39, 0.29) is 47.1 Å².